The second-order valence-electron chi connectivity index (χ2n) is 4.71. The van der Waals surface area contributed by atoms with E-state index < -0.39 is 0 Å². The number of hydrogen-bond donors (Lipinski definition) is 2. The lowest BCUT2D eigenvalue weighted by Crippen LogP contribution is -2.10. The van der Waals surface area contributed by atoms with Gasteiger partial charge in [0.25, 0.3) is 0 Å². The van der Waals surface area contributed by atoms with E-state index in [0.29, 0.717) is 0 Å². The smallest absolute Gasteiger partial charge is 0.145 e. The molecule has 0 aliphatic heterocycles. The van der Waals surface area contributed by atoms with Crippen molar-refractivity contribution in [3.05, 3.63) is 10.8 Å². The van der Waals surface area contributed by atoms with Crippen molar-refractivity contribution >= 4 is 27.6 Å². The Hall–Kier alpha value is -0.880. The van der Waals surface area contributed by atoms with E-state index in [1.807, 2.05) is 6.92 Å². The molecule has 1 saturated carbocycles. The van der Waals surface area contributed by atoms with Gasteiger partial charge in [-0.1, -0.05) is 0 Å². The predicted octanol–water partition coefficient (Wildman–Crippen LogP) is 2.90. The molecular formula is C13H21BrN4O. The number of rotatable bonds is 9. The van der Waals surface area contributed by atoms with Crippen LogP contribution in [0.15, 0.2) is 10.8 Å². The standard InChI is InChI=1S/C13H21BrN4O/c1-2-15-12-11(14)13(18-9-17-12)16-6-3-7-19-8-10-4-5-10/h9-10H,2-8H2,1H3,(H2,15,16,17,18). The summed E-state index contributed by atoms with van der Waals surface area (Å²) in [6, 6.07) is 0. The van der Waals surface area contributed by atoms with Gasteiger partial charge in [-0.2, -0.15) is 0 Å². The molecule has 19 heavy (non-hydrogen) atoms. The summed E-state index contributed by atoms with van der Waals surface area (Å²) < 4.78 is 6.48. The first kappa shape index (κ1) is 14.5. The number of halogens is 1. The normalized spacial score (nSPS) is 14.4. The van der Waals surface area contributed by atoms with Crippen molar-refractivity contribution in [3.63, 3.8) is 0 Å². The first-order chi connectivity index (χ1) is 9.31. The SMILES string of the molecule is CCNc1ncnc(NCCCOCC2CC2)c1Br. The summed E-state index contributed by atoms with van der Waals surface area (Å²) in [5.41, 5.74) is 0. The Morgan fingerprint density at radius 3 is 2.74 bits per heavy atom. The molecule has 1 aliphatic rings. The first-order valence-electron chi connectivity index (χ1n) is 6.87. The number of hydrogen-bond acceptors (Lipinski definition) is 5. The molecule has 0 saturated heterocycles. The number of anilines is 2. The molecule has 5 nitrogen and oxygen atoms in total. The van der Waals surface area contributed by atoms with Crippen molar-refractivity contribution in [1.29, 1.82) is 0 Å². The van der Waals surface area contributed by atoms with Crippen LogP contribution in [0, 0.1) is 5.92 Å². The number of nitrogens with one attached hydrogen (secondary N) is 2. The molecule has 1 aromatic heterocycles. The Morgan fingerprint density at radius 1 is 1.32 bits per heavy atom. The lowest BCUT2D eigenvalue weighted by Gasteiger charge is -2.10. The van der Waals surface area contributed by atoms with E-state index in [4.69, 9.17) is 4.74 Å². The number of nitrogens with zero attached hydrogens (tertiary/aromatic N) is 2. The van der Waals surface area contributed by atoms with E-state index in [2.05, 4.69) is 36.5 Å². The molecule has 1 heterocycles. The summed E-state index contributed by atoms with van der Waals surface area (Å²) >= 11 is 3.51. The summed E-state index contributed by atoms with van der Waals surface area (Å²) in [6.07, 6.45) is 5.24. The van der Waals surface area contributed by atoms with Crippen molar-refractivity contribution in [3.8, 4) is 0 Å². The topological polar surface area (TPSA) is 59.1 Å². The van der Waals surface area contributed by atoms with E-state index in [-0.39, 0.29) is 0 Å². The monoisotopic (exact) mass is 328 g/mol. The Labute approximate surface area is 122 Å². The molecule has 0 radical (unpaired) electrons. The van der Waals surface area contributed by atoms with E-state index >= 15 is 0 Å². The van der Waals surface area contributed by atoms with Gasteiger partial charge in [0.2, 0.25) is 0 Å². The van der Waals surface area contributed by atoms with Gasteiger partial charge >= 0.3 is 0 Å². The minimum absolute atomic E-state index is 0.812. The highest BCUT2D eigenvalue weighted by Crippen LogP contribution is 2.29. The van der Waals surface area contributed by atoms with Gasteiger partial charge in [-0.3, -0.25) is 0 Å². The van der Waals surface area contributed by atoms with Gasteiger partial charge in [0.1, 0.15) is 22.4 Å². The first-order valence-corrected chi connectivity index (χ1v) is 7.66. The average molecular weight is 329 g/mol. The predicted molar refractivity (Wildman–Crippen MR) is 80.5 cm³/mol. The molecule has 2 rings (SSSR count). The van der Waals surface area contributed by atoms with Crippen LogP contribution in [0.1, 0.15) is 26.2 Å². The molecule has 1 aliphatic carbocycles. The van der Waals surface area contributed by atoms with E-state index in [0.717, 1.165) is 54.8 Å². The molecule has 0 bridgehead atoms. The highest BCUT2D eigenvalue weighted by atomic mass is 79.9. The number of aromatic nitrogens is 2. The average Bonchev–Trinajstić information content (AvgIpc) is 3.22. The van der Waals surface area contributed by atoms with Crippen molar-refractivity contribution in [2.75, 3.05) is 36.9 Å². The molecule has 0 spiro atoms. The summed E-state index contributed by atoms with van der Waals surface area (Å²) in [5.74, 6) is 2.49. The zero-order valence-electron chi connectivity index (χ0n) is 11.3. The van der Waals surface area contributed by atoms with Crippen LogP contribution in [-0.2, 0) is 4.74 Å². The van der Waals surface area contributed by atoms with Gasteiger partial charge < -0.3 is 15.4 Å². The fourth-order valence-electron chi connectivity index (χ4n) is 1.70. The Balaban J connectivity index is 1.67. The molecule has 0 amide bonds. The molecule has 0 atom stereocenters. The second kappa shape index (κ2) is 7.65. The van der Waals surface area contributed by atoms with E-state index in [9.17, 15) is 0 Å². The highest BCUT2D eigenvalue weighted by molar-refractivity contribution is 9.10. The molecule has 106 valence electrons. The zero-order chi connectivity index (χ0) is 13.5. The van der Waals surface area contributed by atoms with Gasteiger partial charge in [0.15, 0.2) is 0 Å². The maximum absolute atomic E-state index is 5.59. The Morgan fingerprint density at radius 2 is 2.05 bits per heavy atom. The Kier molecular flexibility index (Phi) is 5.85. The summed E-state index contributed by atoms with van der Waals surface area (Å²) in [7, 11) is 0. The van der Waals surface area contributed by atoms with Crippen molar-refractivity contribution in [2.24, 2.45) is 5.92 Å². The lowest BCUT2D eigenvalue weighted by molar-refractivity contribution is 0.124. The summed E-state index contributed by atoms with van der Waals surface area (Å²) in [5, 5.41) is 6.48. The third kappa shape index (κ3) is 4.95. The minimum atomic E-state index is 0.812. The second-order valence-corrected chi connectivity index (χ2v) is 5.51. The zero-order valence-corrected chi connectivity index (χ0v) is 12.9. The van der Waals surface area contributed by atoms with Crippen molar-refractivity contribution in [2.45, 2.75) is 26.2 Å². The third-order valence-electron chi connectivity index (χ3n) is 2.94. The molecule has 0 aromatic carbocycles. The van der Waals surface area contributed by atoms with Gasteiger partial charge in [-0.05, 0) is 48.0 Å². The van der Waals surface area contributed by atoms with Gasteiger partial charge in [0, 0.05) is 26.3 Å². The van der Waals surface area contributed by atoms with Gasteiger partial charge in [-0.25, -0.2) is 9.97 Å². The quantitative estimate of drug-likeness (QED) is 0.682. The van der Waals surface area contributed by atoms with Gasteiger partial charge in [0.05, 0.1) is 0 Å². The maximum atomic E-state index is 5.59. The van der Waals surface area contributed by atoms with Crippen LogP contribution in [-0.4, -0.2) is 36.3 Å². The van der Waals surface area contributed by atoms with Crippen molar-refractivity contribution in [1.82, 2.24) is 9.97 Å². The van der Waals surface area contributed by atoms with E-state index in [1.165, 1.54) is 12.8 Å². The fraction of sp³-hybridized carbons (Fsp3) is 0.692. The maximum Gasteiger partial charge on any atom is 0.145 e. The van der Waals surface area contributed by atoms with Crippen LogP contribution in [0.2, 0.25) is 0 Å². The van der Waals surface area contributed by atoms with Crippen LogP contribution < -0.4 is 10.6 Å². The summed E-state index contributed by atoms with van der Waals surface area (Å²) in [6.45, 7) is 5.48. The van der Waals surface area contributed by atoms with Crippen LogP contribution in [0.4, 0.5) is 11.6 Å². The minimum Gasteiger partial charge on any atom is -0.381 e. The van der Waals surface area contributed by atoms with Crippen LogP contribution in [0.5, 0.6) is 0 Å². The largest absolute Gasteiger partial charge is 0.381 e. The fourth-order valence-corrected chi connectivity index (χ4v) is 2.18. The van der Waals surface area contributed by atoms with Crippen LogP contribution in [0.25, 0.3) is 0 Å². The third-order valence-corrected chi connectivity index (χ3v) is 3.69. The number of ether oxygens (including phenoxy) is 1. The molecule has 2 N–H and O–H groups in total. The van der Waals surface area contributed by atoms with Crippen LogP contribution in [0.3, 0.4) is 0 Å². The highest BCUT2D eigenvalue weighted by Gasteiger charge is 2.20. The molecule has 1 fully saturated rings. The summed E-state index contributed by atoms with van der Waals surface area (Å²) in [4.78, 5) is 8.41. The Bertz CT molecular complexity index is 398. The molecule has 0 unspecified atom stereocenters. The lowest BCUT2D eigenvalue weighted by atomic mass is 10.4. The molecule has 1 aromatic rings. The van der Waals surface area contributed by atoms with E-state index in [1.54, 1.807) is 6.33 Å². The molecule has 6 heteroatoms. The van der Waals surface area contributed by atoms with Crippen LogP contribution >= 0.6 is 15.9 Å². The molecular weight excluding hydrogens is 308 g/mol. The van der Waals surface area contributed by atoms with Crippen molar-refractivity contribution < 1.29 is 4.74 Å². The van der Waals surface area contributed by atoms with Gasteiger partial charge in [-0.15, -0.1) is 0 Å².